The van der Waals surface area contributed by atoms with Crippen molar-refractivity contribution in [3.8, 4) is 0 Å². The zero-order valence-electron chi connectivity index (χ0n) is 14.9. The molecule has 0 radical (unpaired) electrons. The van der Waals surface area contributed by atoms with E-state index in [0.29, 0.717) is 25.1 Å². The van der Waals surface area contributed by atoms with Gasteiger partial charge in [0.1, 0.15) is 11.5 Å². The highest BCUT2D eigenvalue weighted by Gasteiger charge is 2.11. The fraction of sp³-hybridized carbons (Fsp3) is 0.350. The average molecular weight is 357 g/mol. The van der Waals surface area contributed by atoms with Crippen LogP contribution >= 0.6 is 0 Å². The Bertz CT molecular complexity index is 732. The van der Waals surface area contributed by atoms with Gasteiger partial charge in [-0.2, -0.15) is 0 Å². The Balaban J connectivity index is 1.84. The number of aromatic nitrogens is 1. The predicted molar refractivity (Wildman–Crippen MR) is 98.5 cm³/mol. The summed E-state index contributed by atoms with van der Waals surface area (Å²) in [7, 11) is 0. The lowest BCUT2D eigenvalue weighted by Crippen LogP contribution is -2.28. The maximum atomic E-state index is 12.9. The molecule has 0 aliphatic heterocycles. The molecule has 0 aliphatic carbocycles. The number of halogens is 1. The molecule has 2 aromatic rings. The number of rotatable bonds is 9. The Kier molecular flexibility index (Phi) is 7.74. The van der Waals surface area contributed by atoms with Crippen LogP contribution in [0.2, 0.25) is 0 Å². The van der Waals surface area contributed by atoms with E-state index in [0.717, 1.165) is 24.8 Å². The van der Waals surface area contributed by atoms with Crippen molar-refractivity contribution in [3.05, 3.63) is 65.2 Å². The molecule has 2 rings (SSSR count). The largest absolute Gasteiger partial charge is 0.352 e. The van der Waals surface area contributed by atoms with Crippen molar-refractivity contribution in [1.82, 2.24) is 15.6 Å². The Morgan fingerprint density at radius 2 is 1.73 bits per heavy atom. The van der Waals surface area contributed by atoms with Gasteiger partial charge in [-0.25, -0.2) is 4.39 Å². The topological polar surface area (TPSA) is 71.1 Å². The minimum Gasteiger partial charge on any atom is -0.352 e. The molecular weight excluding hydrogens is 333 g/mol. The van der Waals surface area contributed by atoms with Crippen molar-refractivity contribution in [2.45, 2.75) is 32.6 Å². The number of pyridine rings is 1. The maximum Gasteiger partial charge on any atom is 0.269 e. The first-order valence-corrected chi connectivity index (χ1v) is 8.87. The molecule has 0 saturated heterocycles. The Morgan fingerprint density at radius 1 is 1.00 bits per heavy atom. The quantitative estimate of drug-likeness (QED) is 0.678. The summed E-state index contributed by atoms with van der Waals surface area (Å²) in [5, 5.41) is 5.60. The summed E-state index contributed by atoms with van der Waals surface area (Å²) in [5.74, 6) is -0.827. The summed E-state index contributed by atoms with van der Waals surface area (Å²) in [6, 6.07) is 9.23. The van der Waals surface area contributed by atoms with Crippen LogP contribution in [0, 0.1) is 5.82 Å². The second-order valence-electron chi connectivity index (χ2n) is 6.03. The molecule has 2 N–H and O–H groups in total. The molecule has 1 aromatic carbocycles. The van der Waals surface area contributed by atoms with Crippen LogP contribution in [0.15, 0.2) is 42.6 Å². The number of nitrogens with one attached hydrogen (secondary N) is 2. The fourth-order valence-corrected chi connectivity index (χ4v) is 2.44. The molecule has 26 heavy (non-hydrogen) atoms. The lowest BCUT2D eigenvalue weighted by Gasteiger charge is -2.07. The molecule has 0 aliphatic rings. The van der Waals surface area contributed by atoms with Crippen molar-refractivity contribution in [2.24, 2.45) is 0 Å². The van der Waals surface area contributed by atoms with Crippen LogP contribution in [0.3, 0.4) is 0 Å². The molecule has 0 spiro atoms. The maximum absolute atomic E-state index is 12.9. The molecule has 2 amide bonds. The minimum absolute atomic E-state index is 0.229. The molecule has 0 atom stereocenters. The standard InChI is InChI=1S/C20H24FN3O2/c1-2-3-4-11-23-20(26)18-14-16(10-13-22-18)19(25)24-12-9-15-5-7-17(21)8-6-15/h5-8,10,13-14H,2-4,9,11-12H2,1H3,(H,23,26)(H,24,25). The Hall–Kier alpha value is -2.76. The third-order valence-corrected chi connectivity index (χ3v) is 3.93. The van der Waals surface area contributed by atoms with Crippen molar-refractivity contribution in [1.29, 1.82) is 0 Å². The van der Waals surface area contributed by atoms with Gasteiger partial charge in [-0.1, -0.05) is 31.9 Å². The van der Waals surface area contributed by atoms with Gasteiger partial charge in [0.05, 0.1) is 0 Å². The van der Waals surface area contributed by atoms with Gasteiger partial charge in [-0.15, -0.1) is 0 Å². The van der Waals surface area contributed by atoms with E-state index in [2.05, 4.69) is 22.5 Å². The molecule has 5 nitrogen and oxygen atoms in total. The number of nitrogens with zero attached hydrogens (tertiary/aromatic N) is 1. The number of hydrogen-bond donors (Lipinski definition) is 2. The zero-order chi connectivity index (χ0) is 18.8. The van der Waals surface area contributed by atoms with Crippen LogP contribution in [0.25, 0.3) is 0 Å². The first-order valence-electron chi connectivity index (χ1n) is 8.87. The first kappa shape index (κ1) is 19.6. The third-order valence-electron chi connectivity index (χ3n) is 3.93. The van der Waals surface area contributed by atoms with E-state index in [1.165, 1.54) is 24.4 Å². The molecule has 0 fully saturated rings. The van der Waals surface area contributed by atoms with Gasteiger partial charge >= 0.3 is 0 Å². The average Bonchev–Trinajstić information content (AvgIpc) is 2.66. The molecular formula is C20H24FN3O2. The van der Waals surface area contributed by atoms with E-state index < -0.39 is 0 Å². The van der Waals surface area contributed by atoms with Crippen LogP contribution in [0.1, 0.15) is 52.6 Å². The summed E-state index contributed by atoms with van der Waals surface area (Å²) in [6.45, 7) is 3.12. The van der Waals surface area contributed by atoms with Crippen LogP contribution in [0.5, 0.6) is 0 Å². The summed E-state index contributed by atoms with van der Waals surface area (Å²) in [6.07, 6.45) is 5.12. The highest BCUT2D eigenvalue weighted by molar-refractivity contribution is 5.98. The van der Waals surface area contributed by atoms with Gasteiger partial charge < -0.3 is 10.6 Å². The monoisotopic (exact) mass is 357 g/mol. The molecule has 0 unspecified atom stereocenters. The van der Waals surface area contributed by atoms with Crippen molar-refractivity contribution in [3.63, 3.8) is 0 Å². The lowest BCUT2D eigenvalue weighted by molar-refractivity contribution is 0.0948. The number of benzene rings is 1. The highest BCUT2D eigenvalue weighted by Crippen LogP contribution is 2.05. The molecule has 1 heterocycles. The van der Waals surface area contributed by atoms with E-state index in [-0.39, 0.29) is 23.3 Å². The molecule has 6 heteroatoms. The normalized spacial score (nSPS) is 10.4. The summed E-state index contributed by atoms with van der Waals surface area (Å²) >= 11 is 0. The van der Waals surface area contributed by atoms with Gasteiger partial charge in [-0.05, 0) is 42.7 Å². The van der Waals surface area contributed by atoms with Crippen LogP contribution in [-0.4, -0.2) is 29.9 Å². The number of carbonyl (C=O) groups is 2. The number of carbonyl (C=O) groups excluding carboxylic acids is 2. The van der Waals surface area contributed by atoms with Crippen molar-refractivity contribution >= 4 is 11.8 Å². The zero-order valence-corrected chi connectivity index (χ0v) is 14.9. The Labute approximate surface area is 153 Å². The minimum atomic E-state index is -0.282. The predicted octanol–water partition coefficient (Wildman–Crippen LogP) is 3.11. The second-order valence-corrected chi connectivity index (χ2v) is 6.03. The van der Waals surface area contributed by atoms with Gasteiger partial charge in [0.15, 0.2) is 0 Å². The second kappa shape index (κ2) is 10.3. The summed E-state index contributed by atoms with van der Waals surface area (Å²) in [5.41, 5.74) is 1.55. The van der Waals surface area contributed by atoms with E-state index in [9.17, 15) is 14.0 Å². The van der Waals surface area contributed by atoms with E-state index in [4.69, 9.17) is 0 Å². The third kappa shape index (κ3) is 6.27. The first-order chi connectivity index (χ1) is 12.6. The molecule has 0 saturated carbocycles. The van der Waals surface area contributed by atoms with E-state index >= 15 is 0 Å². The van der Waals surface area contributed by atoms with Gasteiger partial charge in [0.2, 0.25) is 0 Å². The lowest BCUT2D eigenvalue weighted by atomic mass is 10.1. The van der Waals surface area contributed by atoms with Crippen molar-refractivity contribution in [2.75, 3.05) is 13.1 Å². The number of amides is 2. The number of unbranched alkanes of at least 4 members (excludes halogenated alkanes) is 2. The molecule has 1 aromatic heterocycles. The SMILES string of the molecule is CCCCCNC(=O)c1cc(C(=O)NCCc2ccc(F)cc2)ccn1. The summed E-state index contributed by atoms with van der Waals surface area (Å²) in [4.78, 5) is 28.3. The van der Waals surface area contributed by atoms with E-state index in [1.807, 2.05) is 0 Å². The van der Waals surface area contributed by atoms with Gasteiger partial charge in [0.25, 0.3) is 11.8 Å². The van der Waals surface area contributed by atoms with Gasteiger partial charge in [0, 0.05) is 24.8 Å². The fourth-order valence-electron chi connectivity index (χ4n) is 2.44. The number of hydrogen-bond acceptors (Lipinski definition) is 3. The van der Waals surface area contributed by atoms with Crippen LogP contribution in [-0.2, 0) is 6.42 Å². The smallest absolute Gasteiger partial charge is 0.269 e. The van der Waals surface area contributed by atoms with Crippen LogP contribution < -0.4 is 10.6 Å². The van der Waals surface area contributed by atoms with Crippen LogP contribution in [0.4, 0.5) is 4.39 Å². The Morgan fingerprint density at radius 3 is 2.46 bits per heavy atom. The van der Waals surface area contributed by atoms with Gasteiger partial charge in [-0.3, -0.25) is 14.6 Å². The molecule has 138 valence electrons. The molecule has 0 bridgehead atoms. The summed E-state index contributed by atoms with van der Waals surface area (Å²) < 4.78 is 12.9. The highest BCUT2D eigenvalue weighted by atomic mass is 19.1. The van der Waals surface area contributed by atoms with Crippen molar-refractivity contribution < 1.29 is 14.0 Å². The van der Waals surface area contributed by atoms with E-state index in [1.54, 1.807) is 18.2 Å².